The Balaban J connectivity index is 2.01. The topological polar surface area (TPSA) is 42.0 Å². The zero-order chi connectivity index (χ0) is 12.1. The summed E-state index contributed by atoms with van der Waals surface area (Å²) in [6.45, 7) is 0.537. The molecule has 0 amide bonds. The summed E-state index contributed by atoms with van der Waals surface area (Å²) in [4.78, 5) is 14.6. The Hall–Kier alpha value is -2.23. The molecular formula is C13H11FN2O. The number of rotatable bonds is 4. The van der Waals surface area contributed by atoms with Gasteiger partial charge < -0.3 is 5.32 Å². The van der Waals surface area contributed by atoms with Crippen molar-refractivity contribution in [2.75, 3.05) is 5.32 Å². The van der Waals surface area contributed by atoms with Crippen LogP contribution in [0.1, 0.15) is 15.9 Å². The number of hydrogen-bond donors (Lipinski definition) is 1. The third kappa shape index (κ3) is 3.11. The van der Waals surface area contributed by atoms with Crippen molar-refractivity contribution in [3.8, 4) is 0 Å². The van der Waals surface area contributed by atoms with E-state index in [-0.39, 0.29) is 5.82 Å². The summed E-state index contributed by atoms with van der Waals surface area (Å²) in [7, 11) is 0. The molecule has 0 fully saturated rings. The second-order valence-corrected chi connectivity index (χ2v) is 3.57. The number of anilines is 1. The smallest absolute Gasteiger partial charge is 0.150 e. The van der Waals surface area contributed by atoms with E-state index < -0.39 is 0 Å². The molecular weight excluding hydrogens is 219 g/mol. The molecule has 1 aromatic heterocycles. The highest BCUT2D eigenvalue weighted by atomic mass is 19.1. The molecule has 86 valence electrons. The van der Waals surface area contributed by atoms with Crippen LogP contribution < -0.4 is 5.32 Å². The maximum Gasteiger partial charge on any atom is 0.150 e. The lowest BCUT2D eigenvalue weighted by Crippen LogP contribution is -2.01. The fraction of sp³-hybridized carbons (Fsp3) is 0.0769. The minimum absolute atomic E-state index is 0.255. The van der Waals surface area contributed by atoms with E-state index >= 15 is 0 Å². The second-order valence-electron chi connectivity index (χ2n) is 3.57. The standard InChI is InChI=1S/C13H11FN2O/c14-12-3-1-10(2-4-12)8-16-13-7-11(9-17)5-6-15-13/h1-7,9H,8H2,(H,15,16). The molecule has 4 heteroatoms. The molecule has 2 aromatic rings. The van der Waals surface area contributed by atoms with Gasteiger partial charge in [-0.3, -0.25) is 4.79 Å². The van der Waals surface area contributed by atoms with Crippen LogP contribution in [-0.2, 0) is 6.54 Å². The van der Waals surface area contributed by atoms with Gasteiger partial charge in [0.1, 0.15) is 17.9 Å². The maximum absolute atomic E-state index is 12.7. The van der Waals surface area contributed by atoms with Crippen molar-refractivity contribution in [1.29, 1.82) is 0 Å². The van der Waals surface area contributed by atoms with E-state index in [0.717, 1.165) is 11.8 Å². The summed E-state index contributed by atoms with van der Waals surface area (Å²) in [5, 5.41) is 3.06. The molecule has 1 N–H and O–H groups in total. The normalized spacial score (nSPS) is 9.94. The van der Waals surface area contributed by atoms with Gasteiger partial charge in [-0.05, 0) is 29.8 Å². The highest BCUT2D eigenvalue weighted by Crippen LogP contribution is 2.08. The first-order chi connectivity index (χ1) is 8.28. The van der Waals surface area contributed by atoms with Crippen LogP contribution in [0.15, 0.2) is 42.6 Å². The van der Waals surface area contributed by atoms with Gasteiger partial charge in [-0.25, -0.2) is 9.37 Å². The van der Waals surface area contributed by atoms with Gasteiger partial charge in [0, 0.05) is 18.3 Å². The molecule has 17 heavy (non-hydrogen) atoms. The molecule has 0 unspecified atom stereocenters. The molecule has 1 heterocycles. The average Bonchev–Trinajstić information content (AvgIpc) is 2.38. The summed E-state index contributed by atoms with van der Waals surface area (Å²) in [5.41, 5.74) is 1.52. The lowest BCUT2D eigenvalue weighted by atomic mass is 10.2. The summed E-state index contributed by atoms with van der Waals surface area (Å²) in [6.07, 6.45) is 2.33. The Bertz CT molecular complexity index is 511. The lowest BCUT2D eigenvalue weighted by molar-refractivity contribution is 0.112. The van der Waals surface area contributed by atoms with Gasteiger partial charge in [-0.2, -0.15) is 0 Å². The summed E-state index contributed by atoms with van der Waals surface area (Å²) < 4.78 is 12.7. The second kappa shape index (κ2) is 5.21. The zero-order valence-corrected chi connectivity index (χ0v) is 9.06. The summed E-state index contributed by atoms with van der Waals surface area (Å²) in [6, 6.07) is 9.52. The molecule has 0 saturated carbocycles. The van der Waals surface area contributed by atoms with Crippen molar-refractivity contribution in [3.63, 3.8) is 0 Å². The van der Waals surface area contributed by atoms with Gasteiger partial charge in [-0.15, -0.1) is 0 Å². The Morgan fingerprint density at radius 2 is 2.00 bits per heavy atom. The van der Waals surface area contributed by atoms with Gasteiger partial charge in [0.25, 0.3) is 0 Å². The van der Waals surface area contributed by atoms with Gasteiger partial charge in [0.15, 0.2) is 0 Å². The first-order valence-corrected chi connectivity index (χ1v) is 5.17. The SMILES string of the molecule is O=Cc1ccnc(NCc2ccc(F)cc2)c1. The fourth-order valence-corrected chi connectivity index (χ4v) is 1.41. The number of aromatic nitrogens is 1. The van der Waals surface area contributed by atoms with E-state index in [0.29, 0.717) is 17.9 Å². The fourth-order valence-electron chi connectivity index (χ4n) is 1.41. The van der Waals surface area contributed by atoms with Crippen molar-refractivity contribution in [1.82, 2.24) is 4.98 Å². The first-order valence-electron chi connectivity index (χ1n) is 5.17. The zero-order valence-electron chi connectivity index (χ0n) is 9.06. The van der Waals surface area contributed by atoms with Crippen LogP contribution in [-0.4, -0.2) is 11.3 Å². The molecule has 0 aliphatic rings. The van der Waals surface area contributed by atoms with Crippen LogP contribution in [0.5, 0.6) is 0 Å². The molecule has 3 nitrogen and oxygen atoms in total. The van der Waals surface area contributed by atoms with Gasteiger partial charge >= 0.3 is 0 Å². The Kier molecular flexibility index (Phi) is 3.45. The van der Waals surface area contributed by atoms with Crippen molar-refractivity contribution in [2.45, 2.75) is 6.54 Å². The number of aldehydes is 1. The Morgan fingerprint density at radius 1 is 1.24 bits per heavy atom. The number of halogens is 1. The summed E-state index contributed by atoms with van der Waals surface area (Å²) in [5.74, 6) is 0.369. The molecule has 0 atom stereocenters. The number of pyridine rings is 1. The van der Waals surface area contributed by atoms with E-state index in [1.807, 2.05) is 0 Å². The predicted molar refractivity (Wildman–Crippen MR) is 63.4 cm³/mol. The van der Waals surface area contributed by atoms with Crippen LogP contribution in [0.3, 0.4) is 0 Å². The lowest BCUT2D eigenvalue weighted by Gasteiger charge is -2.05. The molecule has 1 aromatic carbocycles. The number of carbonyl (C=O) groups excluding carboxylic acids is 1. The van der Waals surface area contributed by atoms with Crippen molar-refractivity contribution in [2.24, 2.45) is 0 Å². The molecule has 0 saturated heterocycles. The van der Waals surface area contributed by atoms with Gasteiger partial charge in [0.2, 0.25) is 0 Å². The van der Waals surface area contributed by atoms with Crippen LogP contribution in [0.25, 0.3) is 0 Å². The molecule has 0 aliphatic heterocycles. The average molecular weight is 230 g/mol. The molecule has 0 aliphatic carbocycles. The van der Waals surface area contributed by atoms with E-state index in [4.69, 9.17) is 0 Å². The van der Waals surface area contributed by atoms with Crippen molar-refractivity contribution in [3.05, 3.63) is 59.5 Å². The number of benzene rings is 1. The molecule has 0 radical (unpaired) electrons. The highest BCUT2D eigenvalue weighted by Gasteiger charge is 1.97. The number of carbonyl (C=O) groups is 1. The Morgan fingerprint density at radius 3 is 2.71 bits per heavy atom. The van der Waals surface area contributed by atoms with E-state index in [2.05, 4.69) is 10.3 Å². The summed E-state index contributed by atoms with van der Waals surface area (Å²) >= 11 is 0. The molecule has 0 bridgehead atoms. The first kappa shape index (κ1) is 11.3. The molecule has 0 spiro atoms. The van der Waals surface area contributed by atoms with Crippen LogP contribution in [0, 0.1) is 5.82 Å². The van der Waals surface area contributed by atoms with E-state index in [9.17, 15) is 9.18 Å². The van der Waals surface area contributed by atoms with Crippen LogP contribution in [0.4, 0.5) is 10.2 Å². The quantitative estimate of drug-likeness (QED) is 0.821. The van der Waals surface area contributed by atoms with Crippen molar-refractivity contribution < 1.29 is 9.18 Å². The minimum atomic E-state index is -0.255. The van der Waals surface area contributed by atoms with Crippen LogP contribution in [0.2, 0.25) is 0 Å². The van der Waals surface area contributed by atoms with Gasteiger partial charge in [-0.1, -0.05) is 12.1 Å². The predicted octanol–water partition coefficient (Wildman–Crippen LogP) is 2.65. The number of nitrogens with one attached hydrogen (secondary N) is 1. The molecule has 2 rings (SSSR count). The van der Waals surface area contributed by atoms with Crippen LogP contribution >= 0.6 is 0 Å². The number of hydrogen-bond acceptors (Lipinski definition) is 3. The monoisotopic (exact) mass is 230 g/mol. The highest BCUT2D eigenvalue weighted by molar-refractivity contribution is 5.75. The van der Waals surface area contributed by atoms with Crippen molar-refractivity contribution >= 4 is 12.1 Å². The largest absolute Gasteiger partial charge is 0.366 e. The maximum atomic E-state index is 12.7. The number of nitrogens with zero attached hydrogens (tertiary/aromatic N) is 1. The van der Waals surface area contributed by atoms with E-state index in [1.165, 1.54) is 12.1 Å². The third-order valence-electron chi connectivity index (χ3n) is 2.31. The Labute approximate surface area is 98.3 Å². The minimum Gasteiger partial charge on any atom is -0.366 e. The third-order valence-corrected chi connectivity index (χ3v) is 2.31. The van der Waals surface area contributed by atoms with Gasteiger partial charge in [0.05, 0.1) is 0 Å². The van der Waals surface area contributed by atoms with E-state index in [1.54, 1.807) is 30.5 Å².